The van der Waals surface area contributed by atoms with Crippen molar-refractivity contribution >= 4 is 40.9 Å². The molecule has 3 aromatic carbocycles. The number of nitrogens with zero attached hydrogens (tertiary/aromatic N) is 2. The molecule has 1 fully saturated rings. The molecule has 4 rings (SSSR count). The van der Waals surface area contributed by atoms with Crippen LogP contribution in [0.3, 0.4) is 0 Å². The average molecular weight is 536 g/mol. The second-order valence-electron chi connectivity index (χ2n) is 9.76. The van der Waals surface area contributed by atoms with Crippen LogP contribution in [-0.4, -0.2) is 31.1 Å². The third kappa shape index (κ3) is 6.81. The Balaban J connectivity index is 1.72. The van der Waals surface area contributed by atoms with Gasteiger partial charge in [0.05, 0.1) is 7.89 Å². The largest absolute Gasteiger partial charge is 0.478 e. The highest BCUT2D eigenvalue weighted by Crippen LogP contribution is 2.33. The average Bonchev–Trinajstić information content (AvgIpc) is 2.92. The molecule has 1 aliphatic carbocycles. The lowest BCUT2D eigenvalue weighted by molar-refractivity contribution is -0.131. The van der Waals surface area contributed by atoms with E-state index >= 15 is 0 Å². The molecule has 1 amide bonds. The molecule has 1 aliphatic rings. The molecule has 5 nitrogen and oxygen atoms in total. The van der Waals surface area contributed by atoms with Crippen LogP contribution >= 0.6 is 11.6 Å². The number of carboxylic acid groups (broad SMARTS) is 1. The number of aliphatic carboxylic acids is 1. The van der Waals surface area contributed by atoms with Gasteiger partial charge < -0.3 is 14.9 Å². The molecule has 38 heavy (non-hydrogen) atoms. The summed E-state index contributed by atoms with van der Waals surface area (Å²) in [6, 6.07) is 17.3. The zero-order valence-electron chi connectivity index (χ0n) is 22.5. The first kappa shape index (κ1) is 26.0. The first-order valence-corrected chi connectivity index (χ1v) is 13.1. The normalized spacial score (nSPS) is 15.2. The van der Waals surface area contributed by atoms with Gasteiger partial charge in [-0.15, -0.1) is 0 Å². The van der Waals surface area contributed by atoms with Crippen LogP contribution in [0.4, 0.5) is 15.8 Å². The Bertz CT molecular complexity index is 1370. The molecule has 0 unspecified atom stereocenters. The van der Waals surface area contributed by atoms with Gasteiger partial charge in [0.15, 0.2) is 0 Å². The van der Waals surface area contributed by atoms with Crippen molar-refractivity contribution in [3.63, 3.8) is 0 Å². The summed E-state index contributed by atoms with van der Waals surface area (Å²) in [5.74, 6) is -2.33. The molecule has 0 bridgehead atoms. The predicted octanol–water partition coefficient (Wildman–Crippen LogP) is 7.42. The molecule has 1 atom stereocenters. The highest BCUT2D eigenvalue weighted by atomic mass is 35.5. The van der Waals surface area contributed by atoms with Crippen LogP contribution in [0.5, 0.6) is 0 Å². The van der Waals surface area contributed by atoms with E-state index in [9.17, 15) is 14.0 Å². The number of amides is 1. The van der Waals surface area contributed by atoms with Crippen LogP contribution in [0.2, 0.25) is 5.02 Å². The fraction of sp³-hybridized carbons (Fsp3) is 0.290. The Kier molecular flexibility index (Phi) is 8.39. The standard InChI is InChI=1S/C31H32ClFN2O3/c1-34(2)27-13-11-22(12-14-27)24-9-10-25(29(32)18-24)20-35(31(38)23-6-4-3-5-7-23)28-17-21(8-15-30(36)37)16-26(33)19-28/h8-19,23H,3-7,20H2,1-2H3,(H,36,37)/b15-8+/i20D/t20-/m1/s1. The van der Waals surface area contributed by atoms with E-state index in [-0.39, 0.29) is 23.1 Å². The van der Waals surface area contributed by atoms with Crippen molar-refractivity contribution in [1.82, 2.24) is 0 Å². The Morgan fingerprint density at radius 1 is 1.00 bits per heavy atom. The Labute approximate surface area is 229 Å². The fourth-order valence-corrected chi connectivity index (χ4v) is 4.94. The van der Waals surface area contributed by atoms with Crippen LogP contribution in [0.15, 0.2) is 66.7 Å². The first-order valence-electron chi connectivity index (χ1n) is 13.3. The van der Waals surface area contributed by atoms with E-state index in [1.54, 1.807) is 12.1 Å². The zero-order chi connectivity index (χ0) is 28.1. The highest BCUT2D eigenvalue weighted by Gasteiger charge is 2.28. The molecule has 0 radical (unpaired) electrons. The van der Waals surface area contributed by atoms with E-state index in [1.807, 2.05) is 49.3 Å². The maximum absolute atomic E-state index is 14.7. The number of carbonyl (C=O) groups is 2. The van der Waals surface area contributed by atoms with Crippen LogP contribution < -0.4 is 9.80 Å². The summed E-state index contributed by atoms with van der Waals surface area (Å²) in [6.07, 6.45) is 6.49. The van der Waals surface area contributed by atoms with Gasteiger partial charge in [0.25, 0.3) is 0 Å². The number of hydrogen-bond acceptors (Lipinski definition) is 3. The van der Waals surface area contributed by atoms with E-state index in [0.717, 1.165) is 42.2 Å². The highest BCUT2D eigenvalue weighted by molar-refractivity contribution is 6.31. The first-order chi connectivity index (χ1) is 18.6. The van der Waals surface area contributed by atoms with Gasteiger partial charge in [-0.1, -0.05) is 55.1 Å². The summed E-state index contributed by atoms with van der Waals surface area (Å²) in [6.45, 7) is -1.23. The van der Waals surface area contributed by atoms with E-state index in [2.05, 4.69) is 0 Å². The maximum atomic E-state index is 14.7. The number of halogens is 2. The second kappa shape index (κ2) is 12.3. The van der Waals surface area contributed by atoms with Gasteiger partial charge in [-0.2, -0.15) is 0 Å². The lowest BCUT2D eigenvalue weighted by atomic mass is 9.88. The number of carboxylic acids is 1. The Morgan fingerprint density at radius 2 is 1.68 bits per heavy atom. The molecular formula is C31H32ClFN2O3. The minimum absolute atomic E-state index is 0.190. The summed E-state index contributed by atoms with van der Waals surface area (Å²) in [5, 5.41) is 9.33. The van der Waals surface area contributed by atoms with Crippen molar-refractivity contribution in [3.05, 3.63) is 88.7 Å². The minimum atomic E-state index is -1.23. The molecule has 1 saturated carbocycles. The monoisotopic (exact) mass is 535 g/mol. The van der Waals surface area contributed by atoms with E-state index in [4.69, 9.17) is 18.1 Å². The molecule has 0 aliphatic heterocycles. The lowest BCUT2D eigenvalue weighted by Gasteiger charge is -2.30. The summed E-state index contributed by atoms with van der Waals surface area (Å²) < 4.78 is 23.8. The lowest BCUT2D eigenvalue weighted by Crippen LogP contribution is -2.37. The third-order valence-electron chi connectivity index (χ3n) is 6.78. The van der Waals surface area contributed by atoms with Gasteiger partial charge in [0.1, 0.15) is 5.82 Å². The predicted molar refractivity (Wildman–Crippen MR) is 152 cm³/mol. The minimum Gasteiger partial charge on any atom is -0.478 e. The summed E-state index contributed by atoms with van der Waals surface area (Å²) in [4.78, 5) is 28.1. The van der Waals surface area contributed by atoms with Gasteiger partial charge in [-0.25, -0.2) is 9.18 Å². The number of benzene rings is 3. The molecule has 198 valence electrons. The Hall–Kier alpha value is -3.64. The van der Waals surface area contributed by atoms with Gasteiger partial charge in [0.2, 0.25) is 5.91 Å². The number of anilines is 2. The van der Waals surface area contributed by atoms with E-state index in [0.29, 0.717) is 23.4 Å². The summed E-state index contributed by atoms with van der Waals surface area (Å²) >= 11 is 6.71. The molecular weight excluding hydrogens is 503 g/mol. The molecule has 1 N–H and O–H groups in total. The topological polar surface area (TPSA) is 60.9 Å². The van der Waals surface area contributed by atoms with Crippen molar-refractivity contribution < 1.29 is 20.5 Å². The van der Waals surface area contributed by atoms with Crippen molar-refractivity contribution in [2.24, 2.45) is 5.92 Å². The van der Waals surface area contributed by atoms with E-state index in [1.165, 1.54) is 29.2 Å². The van der Waals surface area contributed by atoms with Crippen molar-refractivity contribution in [2.45, 2.75) is 38.6 Å². The number of hydrogen-bond donors (Lipinski definition) is 1. The molecule has 0 saturated heterocycles. The zero-order valence-corrected chi connectivity index (χ0v) is 22.3. The van der Waals surface area contributed by atoms with Crippen molar-refractivity contribution in [2.75, 3.05) is 23.9 Å². The van der Waals surface area contributed by atoms with Crippen LogP contribution in [0.25, 0.3) is 17.2 Å². The Morgan fingerprint density at radius 3 is 2.32 bits per heavy atom. The van der Waals surface area contributed by atoms with Crippen LogP contribution in [0, 0.1) is 11.7 Å². The molecule has 7 heteroatoms. The third-order valence-corrected chi connectivity index (χ3v) is 7.11. The molecule has 0 aromatic heterocycles. The molecule has 0 heterocycles. The van der Waals surface area contributed by atoms with Gasteiger partial charge in [0, 0.05) is 42.5 Å². The van der Waals surface area contributed by atoms with Crippen molar-refractivity contribution in [3.8, 4) is 11.1 Å². The van der Waals surface area contributed by atoms with Gasteiger partial charge >= 0.3 is 5.97 Å². The molecule has 3 aromatic rings. The van der Waals surface area contributed by atoms with Crippen LogP contribution in [0.1, 0.15) is 44.6 Å². The second-order valence-corrected chi connectivity index (χ2v) is 10.2. The quantitative estimate of drug-likeness (QED) is 0.305. The number of rotatable bonds is 8. The summed E-state index contributed by atoms with van der Waals surface area (Å²) in [5.41, 5.74) is 3.79. The van der Waals surface area contributed by atoms with Gasteiger partial charge in [-0.05, 0) is 77.6 Å². The SMILES string of the molecule is [2H][C@H](c1ccc(-c2ccc(N(C)C)cc2)cc1Cl)N(C(=O)C1CCCCC1)c1cc(F)cc(/C=C/C(=O)O)c1. The van der Waals surface area contributed by atoms with E-state index < -0.39 is 18.3 Å². The molecule has 0 spiro atoms. The van der Waals surface area contributed by atoms with Crippen LogP contribution in [-0.2, 0) is 16.1 Å². The summed E-state index contributed by atoms with van der Waals surface area (Å²) in [7, 11) is 3.94. The smallest absolute Gasteiger partial charge is 0.328 e. The maximum Gasteiger partial charge on any atom is 0.328 e. The fourth-order valence-electron chi connectivity index (χ4n) is 4.71. The van der Waals surface area contributed by atoms with Gasteiger partial charge in [-0.3, -0.25) is 4.79 Å². The van der Waals surface area contributed by atoms with Crippen molar-refractivity contribution in [1.29, 1.82) is 0 Å². The number of carbonyl (C=O) groups excluding carboxylic acids is 1.